The topological polar surface area (TPSA) is 106 Å². The summed E-state index contributed by atoms with van der Waals surface area (Å²) in [4.78, 5) is 22.6. The fraction of sp³-hybridized carbons (Fsp3) is 0.286. The molecule has 0 aromatic heterocycles. The first-order valence-electron chi connectivity index (χ1n) is 9.35. The Hall–Kier alpha value is -2.85. The molecular weight excluding hydrogens is 440 g/mol. The van der Waals surface area contributed by atoms with E-state index in [1.165, 1.54) is 30.4 Å². The average molecular weight is 463 g/mol. The van der Waals surface area contributed by atoms with Crippen molar-refractivity contribution in [3.05, 3.63) is 53.6 Å². The van der Waals surface area contributed by atoms with E-state index in [0.717, 1.165) is 0 Å². The molecule has 8 nitrogen and oxygen atoms in total. The third-order valence-corrected chi connectivity index (χ3v) is 7.19. The number of hydrogen-bond acceptors (Lipinski definition) is 8. The maximum absolute atomic E-state index is 12.0. The number of carboxylic acid groups (broad SMARTS) is 1. The molecule has 0 spiro atoms. The molecule has 31 heavy (non-hydrogen) atoms. The number of carbonyl (C=O) groups is 2. The van der Waals surface area contributed by atoms with Crippen LogP contribution < -0.4 is 19.6 Å². The van der Waals surface area contributed by atoms with Crippen molar-refractivity contribution in [2.75, 3.05) is 31.8 Å². The Bertz CT molecular complexity index is 930. The van der Waals surface area contributed by atoms with Gasteiger partial charge in [-0.25, -0.2) is 10.2 Å². The van der Waals surface area contributed by atoms with Gasteiger partial charge in [0.25, 0.3) is 5.91 Å². The summed E-state index contributed by atoms with van der Waals surface area (Å²) >= 11 is 3.87. The van der Waals surface area contributed by atoms with E-state index in [1.807, 2.05) is 47.8 Å². The Balaban J connectivity index is 1.46. The molecule has 3 rings (SSSR count). The number of carbonyl (C=O) groups excluding carboxylic acids is 1. The van der Waals surface area contributed by atoms with Gasteiger partial charge in [-0.05, 0) is 41.5 Å². The van der Waals surface area contributed by atoms with Gasteiger partial charge in [0.05, 0.1) is 17.9 Å². The molecule has 0 saturated carbocycles. The van der Waals surface area contributed by atoms with Crippen molar-refractivity contribution in [1.82, 2.24) is 5.43 Å². The third kappa shape index (κ3) is 7.11. The lowest BCUT2D eigenvalue weighted by Crippen LogP contribution is -2.24. The number of amides is 1. The molecule has 0 bridgehead atoms. The summed E-state index contributed by atoms with van der Waals surface area (Å²) in [5.74, 6) is 2.15. The monoisotopic (exact) mass is 462 g/mol. The standard InChI is InChI=1S/C21H22N2O6S2/c1-27-18-10-14(2-7-17(18)29-13-20(25)26)11-22-23-19(24)12-28-16-5-3-15(4-6-16)21-30-8-9-31-21/h2-7,10-11,21H,8-9,12-13H2,1H3,(H,23,24)(H,25,26)/b22-11-. The number of ether oxygens (including phenoxy) is 3. The van der Waals surface area contributed by atoms with Gasteiger partial charge in [-0.2, -0.15) is 5.10 Å². The SMILES string of the molecule is COc1cc(/C=N\NC(=O)COc2ccc(C3SCCS3)cc2)ccc1OCC(=O)O. The smallest absolute Gasteiger partial charge is 0.341 e. The van der Waals surface area contributed by atoms with E-state index in [2.05, 4.69) is 10.5 Å². The Kier molecular flexibility index (Phi) is 8.48. The molecule has 1 aliphatic heterocycles. The van der Waals surface area contributed by atoms with E-state index in [1.54, 1.807) is 18.2 Å². The van der Waals surface area contributed by atoms with Crippen molar-refractivity contribution in [2.24, 2.45) is 5.10 Å². The van der Waals surface area contributed by atoms with E-state index < -0.39 is 18.5 Å². The second-order valence-corrected chi connectivity index (χ2v) is 9.04. The molecule has 1 amide bonds. The molecule has 2 aromatic rings. The van der Waals surface area contributed by atoms with Gasteiger partial charge in [0, 0.05) is 11.5 Å². The van der Waals surface area contributed by atoms with Crippen LogP contribution in [-0.2, 0) is 9.59 Å². The highest BCUT2D eigenvalue weighted by molar-refractivity contribution is 8.19. The average Bonchev–Trinajstić information content (AvgIpc) is 3.32. The van der Waals surface area contributed by atoms with Gasteiger partial charge in [0.15, 0.2) is 24.7 Å². The number of hydrazone groups is 1. The Morgan fingerprint density at radius 2 is 1.84 bits per heavy atom. The highest BCUT2D eigenvalue weighted by Gasteiger charge is 2.18. The summed E-state index contributed by atoms with van der Waals surface area (Å²) in [6.45, 7) is -0.629. The van der Waals surface area contributed by atoms with E-state index in [0.29, 0.717) is 27.4 Å². The molecule has 10 heteroatoms. The number of aliphatic carboxylic acids is 1. The Morgan fingerprint density at radius 1 is 1.10 bits per heavy atom. The van der Waals surface area contributed by atoms with Gasteiger partial charge in [-0.1, -0.05) is 12.1 Å². The number of rotatable bonds is 10. The molecule has 0 atom stereocenters. The zero-order valence-electron chi connectivity index (χ0n) is 16.8. The molecule has 2 N–H and O–H groups in total. The minimum Gasteiger partial charge on any atom is -0.493 e. The second-order valence-electron chi connectivity index (χ2n) is 6.32. The lowest BCUT2D eigenvalue weighted by Gasteiger charge is -2.10. The van der Waals surface area contributed by atoms with E-state index >= 15 is 0 Å². The minimum atomic E-state index is -1.08. The molecule has 0 radical (unpaired) electrons. The van der Waals surface area contributed by atoms with E-state index in [4.69, 9.17) is 19.3 Å². The number of methoxy groups -OCH3 is 1. The fourth-order valence-corrected chi connectivity index (χ4v) is 5.51. The van der Waals surface area contributed by atoms with Crippen LogP contribution in [0, 0.1) is 0 Å². The van der Waals surface area contributed by atoms with Crippen molar-refractivity contribution >= 4 is 41.6 Å². The van der Waals surface area contributed by atoms with Gasteiger partial charge < -0.3 is 19.3 Å². The predicted octanol–water partition coefficient (Wildman–Crippen LogP) is 3.17. The summed E-state index contributed by atoms with van der Waals surface area (Å²) < 4.78 is 16.3. The van der Waals surface area contributed by atoms with Crippen LogP contribution in [0.2, 0.25) is 0 Å². The van der Waals surface area contributed by atoms with Crippen LogP contribution in [0.3, 0.4) is 0 Å². The van der Waals surface area contributed by atoms with Crippen LogP contribution in [-0.4, -0.2) is 55.0 Å². The van der Waals surface area contributed by atoms with Gasteiger partial charge in [-0.15, -0.1) is 23.5 Å². The zero-order valence-corrected chi connectivity index (χ0v) is 18.4. The number of nitrogens with one attached hydrogen (secondary N) is 1. The molecule has 1 saturated heterocycles. The van der Waals surface area contributed by atoms with Crippen molar-refractivity contribution in [3.63, 3.8) is 0 Å². The molecule has 1 aliphatic rings. The summed E-state index contributed by atoms with van der Waals surface area (Å²) in [5, 5.41) is 12.6. The summed E-state index contributed by atoms with van der Waals surface area (Å²) in [7, 11) is 1.45. The normalized spacial score (nSPS) is 13.8. The Labute approximate surface area is 188 Å². The molecule has 2 aromatic carbocycles. The maximum Gasteiger partial charge on any atom is 0.341 e. The number of thioether (sulfide) groups is 2. The van der Waals surface area contributed by atoms with Gasteiger partial charge in [0.1, 0.15) is 5.75 Å². The van der Waals surface area contributed by atoms with Crippen LogP contribution in [0.5, 0.6) is 17.2 Å². The van der Waals surface area contributed by atoms with Crippen molar-refractivity contribution in [2.45, 2.75) is 4.58 Å². The first kappa shape index (κ1) is 22.8. The quantitative estimate of drug-likeness (QED) is 0.410. The minimum absolute atomic E-state index is 0.158. The highest BCUT2D eigenvalue weighted by atomic mass is 32.2. The fourth-order valence-electron chi connectivity index (χ4n) is 2.66. The van der Waals surface area contributed by atoms with Crippen LogP contribution in [0.25, 0.3) is 0 Å². The van der Waals surface area contributed by atoms with Crippen LogP contribution in [0.15, 0.2) is 47.6 Å². The number of nitrogens with zero attached hydrogens (tertiary/aromatic N) is 1. The highest BCUT2D eigenvalue weighted by Crippen LogP contribution is 2.45. The second kappa shape index (κ2) is 11.5. The van der Waals surface area contributed by atoms with Crippen molar-refractivity contribution in [3.8, 4) is 17.2 Å². The summed E-state index contributed by atoms with van der Waals surface area (Å²) in [5.41, 5.74) is 4.29. The third-order valence-electron chi connectivity index (χ3n) is 4.09. The molecule has 1 heterocycles. The summed E-state index contributed by atoms with van der Waals surface area (Å²) in [6.07, 6.45) is 1.44. The van der Waals surface area contributed by atoms with Crippen molar-refractivity contribution in [1.29, 1.82) is 0 Å². The lowest BCUT2D eigenvalue weighted by atomic mass is 10.2. The van der Waals surface area contributed by atoms with Crippen LogP contribution in [0.1, 0.15) is 15.7 Å². The van der Waals surface area contributed by atoms with Crippen molar-refractivity contribution < 1.29 is 28.9 Å². The van der Waals surface area contributed by atoms with Gasteiger partial charge >= 0.3 is 5.97 Å². The van der Waals surface area contributed by atoms with Crippen LogP contribution >= 0.6 is 23.5 Å². The number of hydrogen-bond donors (Lipinski definition) is 2. The molecule has 1 fully saturated rings. The molecular formula is C21H22N2O6S2. The van der Waals surface area contributed by atoms with Crippen LogP contribution in [0.4, 0.5) is 0 Å². The van der Waals surface area contributed by atoms with E-state index in [9.17, 15) is 9.59 Å². The lowest BCUT2D eigenvalue weighted by molar-refractivity contribution is -0.139. The largest absolute Gasteiger partial charge is 0.493 e. The Morgan fingerprint density at radius 3 is 2.52 bits per heavy atom. The van der Waals surface area contributed by atoms with Gasteiger partial charge in [0.2, 0.25) is 0 Å². The first-order valence-corrected chi connectivity index (χ1v) is 11.5. The first-order chi connectivity index (χ1) is 15.0. The maximum atomic E-state index is 12.0. The van der Waals surface area contributed by atoms with Gasteiger partial charge in [-0.3, -0.25) is 4.79 Å². The zero-order chi connectivity index (χ0) is 22.1. The number of benzene rings is 2. The summed E-state index contributed by atoms with van der Waals surface area (Å²) in [6, 6.07) is 12.6. The molecule has 0 aliphatic carbocycles. The predicted molar refractivity (Wildman–Crippen MR) is 121 cm³/mol. The molecule has 0 unspecified atom stereocenters. The molecule has 164 valence electrons. The van der Waals surface area contributed by atoms with E-state index in [-0.39, 0.29) is 6.61 Å². The number of carboxylic acids is 1.